The Hall–Kier alpha value is -1.85. The fourth-order valence-corrected chi connectivity index (χ4v) is 1.93. The third kappa shape index (κ3) is 1.87. The second kappa shape index (κ2) is 4.44. The maximum absolute atomic E-state index is 11.1. The second-order valence-electron chi connectivity index (χ2n) is 4.18. The predicted octanol–water partition coefficient (Wildman–Crippen LogP) is 2.05. The number of hydrogen-bond acceptors (Lipinski definition) is 4. The molecule has 1 aliphatic rings. The highest BCUT2D eigenvalue weighted by Crippen LogP contribution is 2.27. The van der Waals surface area contributed by atoms with Crippen LogP contribution in [0.4, 0.5) is 0 Å². The van der Waals surface area contributed by atoms with Crippen molar-refractivity contribution in [2.45, 2.75) is 12.7 Å². The fraction of sp³-hybridized carbons (Fsp3) is 0.308. The van der Waals surface area contributed by atoms with Crippen LogP contribution in [0.15, 0.2) is 28.7 Å². The number of rotatable bonds is 4. The normalized spacial score (nSPS) is 15.8. The maximum Gasteiger partial charge on any atom is 0.372 e. The van der Waals surface area contributed by atoms with E-state index < -0.39 is 5.97 Å². The summed E-state index contributed by atoms with van der Waals surface area (Å²) in [7, 11) is 0. The van der Waals surface area contributed by atoms with E-state index in [2.05, 4.69) is 0 Å². The van der Waals surface area contributed by atoms with Gasteiger partial charge in [0.25, 0.3) is 0 Å². The van der Waals surface area contributed by atoms with Crippen molar-refractivity contribution in [3.8, 4) is 0 Å². The van der Waals surface area contributed by atoms with Gasteiger partial charge >= 0.3 is 5.97 Å². The van der Waals surface area contributed by atoms with Gasteiger partial charge in [-0.25, -0.2) is 4.79 Å². The van der Waals surface area contributed by atoms with Crippen molar-refractivity contribution in [1.29, 1.82) is 0 Å². The predicted molar refractivity (Wildman–Crippen MR) is 62.6 cm³/mol. The Morgan fingerprint density at radius 2 is 2.17 bits per heavy atom. The van der Waals surface area contributed by atoms with Crippen molar-refractivity contribution in [1.82, 2.24) is 0 Å². The van der Waals surface area contributed by atoms with Crippen molar-refractivity contribution in [2.24, 2.45) is 0 Å². The van der Waals surface area contributed by atoms with Gasteiger partial charge < -0.3 is 19.0 Å². The van der Waals surface area contributed by atoms with Crippen LogP contribution in [0.1, 0.15) is 16.1 Å². The van der Waals surface area contributed by atoms with Gasteiger partial charge in [-0.2, -0.15) is 0 Å². The van der Waals surface area contributed by atoms with Crippen molar-refractivity contribution >= 4 is 16.9 Å². The molecular weight excluding hydrogens is 236 g/mol. The van der Waals surface area contributed by atoms with Crippen LogP contribution in [0.25, 0.3) is 11.0 Å². The zero-order valence-electron chi connectivity index (χ0n) is 9.59. The molecule has 0 bridgehead atoms. The molecule has 1 fully saturated rings. The minimum Gasteiger partial charge on any atom is -0.475 e. The molecule has 1 aromatic carbocycles. The molecule has 1 aliphatic heterocycles. The average molecular weight is 248 g/mol. The molecule has 1 N–H and O–H groups in total. The van der Waals surface area contributed by atoms with Crippen LogP contribution in [0.5, 0.6) is 0 Å². The second-order valence-corrected chi connectivity index (χ2v) is 4.18. The van der Waals surface area contributed by atoms with Crippen molar-refractivity contribution in [3.05, 3.63) is 35.6 Å². The van der Waals surface area contributed by atoms with Crippen LogP contribution in [-0.2, 0) is 16.1 Å². The highest BCUT2D eigenvalue weighted by molar-refractivity contribution is 5.94. The first-order chi connectivity index (χ1) is 8.75. The van der Waals surface area contributed by atoms with E-state index in [1.807, 2.05) is 18.2 Å². The van der Waals surface area contributed by atoms with E-state index in [9.17, 15) is 4.79 Å². The monoisotopic (exact) mass is 248 g/mol. The topological polar surface area (TPSA) is 68.9 Å². The van der Waals surface area contributed by atoms with Gasteiger partial charge in [-0.1, -0.05) is 18.2 Å². The van der Waals surface area contributed by atoms with Crippen LogP contribution >= 0.6 is 0 Å². The molecule has 3 rings (SSSR count). The van der Waals surface area contributed by atoms with Gasteiger partial charge in [0, 0.05) is 10.9 Å². The molecule has 0 amide bonds. The lowest BCUT2D eigenvalue weighted by atomic mass is 10.1. The number of ether oxygens (including phenoxy) is 2. The van der Waals surface area contributed by atoms with Crippen LogP contribution in [0.2, 0.25) is 0 Å². The molecule has 1 aromatic heterocycles. The van der Waals surface area contributed by atoms with Crippen LogP contribution in [0.3, 0.4) is 0 Å². The smallest absolute Gasteiger partial charge is 0.372 e. The quantitative estimate of drug-likeness (QED) is 0.896. The molecule has 5 nitrogen and oxygen atoms in total. The van der Waals surface area contributed by atoms with Crippen molar-refractivity contribution in [2.75, 3.05) is 13.2 Å². The summed E-state index contributed by atoms with van der Waals surface area (Å²) in [5.41, 5.74) is 1.16. The molecule has 1 saturated heterocycles. The fourth-order valence-electron chi connectivity index (χ4n) is 1.93. The van der Waals surface area contributed by atoms with Gasteiger partial charge in [0.15, 0.2) is 0 Å². The van der Waals surface area contributed by atoms with E-state index in [0.717, 1.165) is 5.39 Å². The molecule has 18 heavy (non-hydrogen) atoms. The van der Waals surface area contributed by atoms with E-state index in [1.54, 1.807) is 6.07 Å². The summed E-state index contributed by atoms with van der Waals surface area (Å²) >= 11 is 0. The molecule has 0 aliphatic carbocycles. The van der Waals surface area contributed by atoms with E-state index in [-0.39, 0.29) is 18.5 Å². The van der Waals surface area contributed by atoms with E-state index in [4.69, 9.17) is 19.0 Å². The third-order valence-corrected chi connectivity index (χ3v) is 2.96. The Labute approximate surface area is 103 Å². The summed E-state index contributed by atoms with van der Waals surface area (Å²) in [6, 6.07) is 7.24. The van der Waals surface area contributed by atoms with Gasteiger partial charge in [0.05, 0.1) is 19.8 Å². The number of benzene rings is 1. The molecular formula is C13H12O5. The molecule has 94 valence electrons. The minimum atomic E-state index is -1.07. The zero-order chi connectivity index (χ0) is 12.5. The summed E-state index contributed by atoms with van der Waals surface area (Å²) in [4.78, 5) is 11.1. The Bertz CT molecular complexity index is 582. The van der Waals surface area contributed by atoms with E-state index in [1.165, 1.54) is 0 Å². The number of carboxylic acids is 1. The SMILES string of the molecule is O=C(O)c1oc2ccccc2c1COC1COC1. The minimum absolute atomic E-state index is 0.0450. The Morgan fingerprint density at radius 1 is 1.39 bits per heavy atom. The molecule has 0 saturated carbocycles. The Balaban J connectivity index is 1.95. The number of carboxylic acid groups (broad SMARTS) is 1. The lowest BCUT2D eigenvalue weighted by molar-refractivity contribution is -0.135. The number of para-hydroxylation sites is 1. The average Bonchev–Trinajstić information content (AvgIpc) is 2.66. The number of hydrogen-bond donors (Lipinski definition) is 1. The molecule has 2 heterocycles. The number of furan rings is 1. The summed E-state index contributed by atoms with van der Waals surface area (Å²) < 4.78 is 15.9. The zero-order valence-corrected chi connectivity index (χ0v) is 9.59. The van der Waals surface area contributed by atoms with Crippen molar-refractivity contribution in [3.63, 3.8) is 0 Å². The third-order valence-electron chi connectivity index (χ3n) is 2.96. The molecule has 2 aromatic rings. The van der Waals surface area contributed by atoms with E-state index in [0.29, 0.717) is 24.4 Å². The Kier molecular flexibility index (Phi) is 2.77. The lowest BCUT2D eigenvalue weighted by Gasteiger charge is -2.25. The largest absolute Gasteiger partial charge is 0.475 e. The standard InChI is InChI=1S/C13H12O5/c14-13(15)12-10(7-17-8-5-16-6-8)9-3-1-2-4-11(9)18-12/h1-4,8H,5-7H2,(H,14,15). The molecule has 0 radical (unpaired) electrons. The summed E-state index contributed by atoms with van der Waals surface area (Å²) in [6.07, 6.45) is 0.0558. The van der Waals surface area contributed by atoms with Crippen LogP contribution in [-0.4, -0.2) is 30.4 Å². The molecule has 0 spiro atoms. The van der Waals surface area contributed by atoms with Gasteiger partial charge in [-0.3, -0.25) is 0 Å². The molecule has 0 atom stereocenters. The van der Waals surface area contributed by atoms with Gasteiger partial charge in [0.2, 0.25) is 5.76 Å². The van der Waals surface area contributed by atoms with Crippen LogP contribution < -0.4 is 0 Å². The highest BCUT2D eigenvalue weighted by Gasteiger charge is 2.23. The molecule has 0 unspecified atom stereocenters. The van der Waals surface area contributed by atoms with Gasteiger partial charge in [0.1, 0.15) is 11.7 Å². The van der Waals surface area contributed by atoms with Crippen LogP contribution in [0, 0.1) is 0 Å². The van der Waals surface area contributed by atoms with E-state index >= 15 is 0 Å². The highest BCUT2D eigenvalue weighted by atomic mass is 16.6. The number of carbonyl (C=O) groups is 1. The maximum atomic E-state index is 11.1. The number of fused-ring (bicyclic) bond motifs is 1. The Morgan fingerprint density at radius 3 is 2.83 bits per heavy atom. The first kappa shape index (κ1) is 11.3. The molecule has 5 heteroatoms. The number of aromatic carboxylic acids is 1. The summed E-state index contributed by atoms with van der Waals surface area (Å²) in [6.45, 7) is 1.36. The van der Waals surface area contributed by atoms with Gasteiger partial charge in [-0.05, 0) is 6.07 Å². The summed E-state index contributed by atoms with van der Waals surface area (Å²) in [5.74, 6) is -1.12. The van der Waals surface area contributed by atoms with Gasteiger partial charge in [-0.15, -0.1) is 0 Å². The lowest BCUT2D eigenvalue weighted by Crippen LogP contribution is -2.35. The first-order valence-corrected chi connectivity index (χ1v) is 5.69. The van der Waals surface area contributed by atoms with Crippen molar-refractivity contribution < 1.29 is 23.8 Å². The first-order valence-electron chi connectivity index (χ1n) is 5.69. The summed E-state index contributed by atoms with van der Waals surface area (Å²) in [5, 5.41) is 9.92.